The van der Waals surface area contributed by atoms with E-state index < -0.39 is 0 Å². The first-order valence-electron chi connectivity index (χ1n) is 8.94. The molecule has 0 saturated heterocycles. The van der Waals surface area contributed by atoms with Gasteiger partial charge in [-0.3, -0.25) is 4.79 Å². The van der Waals surface area contributed by atoms with Gasteiger partial charge < -0.3 is 19.2 Å². The van der Waals surface area contributed by atoms with E-state index in [1.165, 1.54) is 11.3 Å². The molecule has 1 aliphatic rings. The summed E-state index contributed by atoms with van der Waals surface area (Å²) in [5.74, 6) is 2.62. The van der Waals surface area contributed by atoms with Crippen LogP contribution in [0.3, 0.4) is 0 Å². The summed E-state index contributed by atoms with van der Waals surface area (Å²) in [6.07, 6.45) is 1.01. The van der Waals surface area contributed by atoms with Crippen molar-refractivity contribution in [3.63, 3.8) is 0 Å². The number of aromatic nitrogens is 1. The molecule has 2 aromatic heterocycles. The van der Waals surface area contributed by atoms with Crippen molar-refractivity contribution in [3.05, 3.63) is 51.7 Å². The van der Waals surface area contributed by atoms with Gasteiger partial charge in [-0.15, -0.1) is 11.3 Å². The second-order valence-corrected chi connectivity index (χ2v) is 7.73. The van der Waals surface area contributed by atoms with Crippen molar-refractivity contribution in [3.8, 4) is 22.3 Å². The molecule has 3 heterocycles. The minimum Gasteiger partial charge on any atom is -0.489 e. The quantitative estimate of drug-likeness (QED) is 0.665. The standard InChI is InChI=1S/C20H19ClN2O4S/c1-12-3-4-16(27-12)20-23-14(11-28-20)9-18(24)22-10-13-7-15(21)19-17(8-13)25-5-2-6-26-19/h3-4,7-8,11H,2,5-6,9-10H2,1H3,(H,22,24). The van der Waals surface area contributed by atoms with Crippen molar-refractivity contribution in [2.45, 2.75) is 26.3 Å². The van der Waals surface area contributed by atoms with E-state index in [-0.39, 0.29) is 12.3 Å². The number of nitrogens with one attached hydrogen (secondary N) is 1. The lowest BCUT2D eigenvalue weighted by Crippen LogP contribution is -2.24. The summed E-state index contributed by atoms with van der Waals surface area (Å²) in [6.45, 7) is 3.40. The van der Waals surface area contributed by atoms with Gasteiger partial charge in [-0.05, 0) is 36.8 Å². The van der Waals surface area contributed by atoms with E-state index in [9.17, 15) is 4.79 Å². The predicted octanol–water partition coefficient (Wildman–Crippen LogP) is 4.39. The smallest absolute Gasteiger partial charge is 0.226 e. The number of thiazole rings is 1. The summed E-state index contributed by atoms with van der Waals surface area (Å²) in [4.78, 5) is 16.8. The molecule has 1 aliphatic heterocycles. The lowest BCUT2D eigenvalue weighted by atomic mass is 10.2. The third-order valence-electron chi connectivity index (χ3n) is 4.20. The minimum atomic E-state index is -0.115. The van der Waals surface area contributed by atoms with Gasteiger partial charge in [-0.25, -0.2) is 4.98 Å². The Hall–Kier alpha value is -2.51. The zero-order chi connectivity index (χ0) is 19.5. The number of carbonyl (C=O) groups excluding carboxylic acids is 1. The summed E-state index contributed by atoms with van der Waals surface area (Å²) in [5, 5.41) is 6.03. The summed E-state index contributed by atoms with van der Waals surface area (Å²) in [6, 6.07) is 7.41. The Labute approximate surface area is 171 Å². The Morgan fingerprint density at radius 2 is 2.14 bits per heavy atom. The van der Waals surface area contributed by atoms with Crippen LogP contribution in [-0.4, -0.2) is 24.1 Å². The molecule has 1 aromatic carbocycles. The fraction of sp³-hybridized carbons (Fsp3) is 0.300. The summed E-state index contributed by atoms with van der Waals surface area (Å²) in [5.41, 5.74) is 1.57. The van der Waals surface area contributed by atoms with E-state index in [0.717, 1.165) is 28.5 Å². The highest BCUT2D eigenvalue weighted by atomic mass is 35.5. The molecule has 1 amide bonds. The zero-order valence-electron chi connectivity index (χ0n) is 15.3. The Balaban J connectivity index is 1.37. The third kappa shape index (κ3) is 4.31. The maximum absolute atomic E-state index is 12.3. The second kappa shape index (κ2) is 8.24. The summed E-state index contributed by atoms with van der Waals surface area (Å²) >= 11 is 7.75. The molecule has 28 heavy (non-hydrogen) atoms. The Kier molecular flexibility index (Phi) is 5.54. The summed E-state index contributed by atoms with van der Waals surface area (Å²) < 4.78 is 16.9. The second-order valence-electron chi connectivity index (χ2n) is 6.46. The number of fused-ring (bicyclic) bond motifs is 1. The van der Waals surface area contributed by atoms with E-state index in [2.05, 4.69) is 10.3 Å². The molecule has 146 valence electrons. The molecular formula is C20H19ClN2O4S. The highest BCUT2D eigenvalue weighted by molar-refractivity contribution is 7.13. The maximum Gasteiger partial charge on any atom is 0.226 e. The van der Waals surface area contributed by atoms with Crippen molar-refractivity contribution < 1.29 is 18.7 Å². The number of rotatable bonds is 5. The highest BCUT2D eigenvalue weighted by Crippen LogP contribution is 2.38. The van der Waals surface area contributed by atoms with Crippen LogP contribution in [0.5, 0.6) is 11.5 Å². The van der Waals surface area contributed by atoms with E-state index in [1.807, 2.05) is 30.5 Å². The molecule has 0 atom stereocenters. The van der Waals surface area contributed by atoms with Gasteiger partial charge in [-0.1, -0.05) is 11.6 Å². The fourth-order valence-electron chi connectivity index (χ4n) is 2.86. The minimum absolute atomic E-state index is 0.115. The molecule has 0 fully saturated rings. The Morgan fingerprint density at radius 3 is 2.96 bits per heavy atom. The number of halogens is 1. The molecule has 6 nitrogen and oxygen atoms in total. The molecule has 4 rings (SSSR count). The highest BCUT2D eigenvalue weighted by Gasteiger charge is 2.16. The van der Waals surface area contributed by atoms with Gasteiger partial charge in [0.1, 0.15) is 5.76 Å². The van der Waals surface area contributed by atoms with Gasteiger partial charge in [0.05, 0.1) is 30.4 Å². The average molecular weight is 419 g/mol. The third-order valence-corrected chi connectivity index (χ3v) is 5.38. The SMILES string of the molecule is Cc1ccc(-c2nc(CC(=O)NCc3cc(Cl)c4c(c3)OCCCO4)cs2)o1. The maximum atomic E-state index is 12.3. The van der Waals surface area contributed by atoms with Gasteiger partial charge in [0.2, 0.25) is 5.91 Å². The lowest BCUT2D eigenvalue weighted by molar-refractivity contribution is -0.120. The van der Waals surface area contributed by atoms with Crippen molar-refractivity contribution in [2.24, 2.45) is 0 Å². The van der Waals surface area contributed by atoms with Crippen LogP contribution < -0.4 is 14.8 Å². The Bertz CT molecular complexity index is 998. The van der Waals surface area contributed by atoms with Crippen LogP contribution in [0.1, 0.15) is 23.4 Å². The molecule has 0 bridgehead atoms. The first kappa shape index (κ1) is 18.8. The van der Waals surface area contributed by atoms with Crippen molar-refractivity contribution in [1.82, 2.24) is 10.3 Å². The van der Waals surface area contributed by atoms with Gasteiger partial charge in [0, 0.05) is 18.3 Å². The van der Waals surface area contributed by atoms with E-state index in [1.54, 1.807) is 6.07 Å². The van der Waals surface area contributed by atoms with Gasteiger partial charge >= 0.3 is 0 Å². The van der Waals surface area contributed by atoms with Crippen molar-refractivity contribution in [1.29, 1.82) is 0 Å². The number of ether oxygens (including phenoxy) is 2. The monoisotopic (exact) mass is 418 g/mol. The molecule has 8 heteroatoms. The van der Waals surface area contributed by atoms with Gasteiger partial charge in [0.25, 0.3) is 0 Å². The van der Waals surface area contributed by atoms with Gasteiger partial charge in [-0.2, -0.15) is 0 Å². The number of hydrogen-bond donors (Lipinski definition) is 1. The number of furan rings is 1. The molecule has 0 saturated carbocycles. The van der Waals surface area contributed by atoms with Crippen LogP contribution in [0.2, 0.25) is 5.02 Å². The number of carbonyl (C=O) groups is 1. The van der Waals surface area contributed by atoms with E-state index >= 15 is 0 Å². The normalized spacial score (nSPS) is 13.2. The fourth-order valence-corrected chi connectivity index (χ4v) is 3.93. The van der Waals surface area contributed by atoms with Crippen LogP contribution in [0.15, 0.2) is 34.1 Å². The molecule has 0 aliphatic carbocycles. The topological polar surface area (TPSA) is 73.6 Å². The summed E-state index contributed by atoms with van der Waals surface area (Å²) in [7, 11) is 0. The van der Waals surface area contributed by atoms with Crippen LogP contribution in [-0.2, 0) is 17.8 Å². The lowest BCUT2D eigenvalue weighted by Gasteiger charge is -2.12. The van der Waals surface area contributed by atoms with Crippen LogP contribution in [0.4, 0.5) is 0 Å². The number of nitrogens with zero attached hydrogens (tertiary/aromatic N) is 1. The van der Waals surface area contributed by atoms with Gasteiger partial charge in [0.15, 0.2) is 22.3 Å². The number of amides is 1. The average Bonchev–Trinajstić information content (AvgIpc) is 3.23. The van der Waals surface area contributed by atoms with E-state index in [0.29, 0.717) is 42.0 Å². The molecule has 3 aromatic rings. The molecule has 0 spiro atoms. The number of benzene rings is 1. The largest absolute Gasteiger partial charge is 0.489 e. The molecule has 0 unspecified atom stereocenters. The zero-order valence-corrected chi connectivity index (χ0v) is 16.9. The van der Waals surface area contributed by atoms with E-state index in [4.69, 9.17) is 25.5 Å². The Morgan fingerprint density at radius 1 is 1.29 bits per heavy atom. The van der Waals surface area contributed by atoms with Crippen molar-refractivity contribution >= 4 is 28.8 Å². The molecule has 1 N–H and O–H groups in total. The van der Waals surface area contributed by atoms with Crippen molar-refractivity contribution in [2.75, 3.05) is 13.2 Å². The van der Waals surface area contributed by atoms with Crippen LogP contribution >= 0.6 is 22.9 Å². The molecular weight excluding hydrogens is 400 g/mol. The molecule has 0 radical (unpaired) electrons. The van der Waals surface area contributed by atoms with Crippen LogP contribution in [0, 0.1) is 6.92 Å². The first-order valence-corrected chi connectivity index (χ1v) is 10.2. The number of hydrogen-bond acceptors (Lipinski definition) is 6. The first-order chi connectivity index (χ1) is 13.6. The van der Waals surface area contributed by atoms with Crippen LogP contribution in [0.25, 0.3) is 10.8 Å². The predicted molar refractivity (Wildman–Crippen MR) is 107 cm³/mol. The number of aryl methyl sites for hydroxylation is 1.